The highest BCUT2D eigenvalue weighted by molar-refractivity contribution is 6.05. The van der Waals surface area contributed by atoms with E-state index in [1.807, 2.05) is 274 Å². The number of rotatable bonds is 20. The van der Waals surface area contributed by atoms with Crippen LogP contribution in [0.4, 0.5) is 65.2 Å². The van der Waals surface area contributed by atoms with Crippen molar-refractivity contribution < 1.29 is 19.2 Å². The lowest BCUT2D eigenvalue weighted by molar-refractivity contribution is 0.241. The monoisotopic (exact) mass is 1700 g/mol. The van der Waals surface area contributed by atoms with Crippen LogP contribution in [0.1, 0.15) is 160 Å². The number of anilines is 8. The molecule has 0 radical (unpaired) electrons. The Kier molecular flexibility index (Phi) is 24.1. The third kappa shape index (κ3) is 19.5. The zero-order valence-electron chi connectivity index (χ0n) is 72.7. The van der Waals surface area contributed by atoms with Crippen molar-refractivity contribution in [2.45, 2.75) is 127 Å². The molecule has 4 fully saturated rings. The third-order valence-electron chi connectivity index (χ3n) is 23.7. The first-order valence-corrected chi connectivity index (χ1v) is 43.3. The first-order chi connectivity index (χ1) is 61.9. The molecule has 8 amide bonds. The number of pyridine rings is 4. The second kappa shape index (κ2) is 36.4. The molecule has 28 nitrogen and oxygen atoms in total. The number of urea groups is 4. The number of carbonyl (C=O) groups is 4. The molecule has 648 valence electrons. The molecule has 0 spiro atoms. The molecule has 4 aliphatic carbocycles. The van der Waals surface area contributed by atoms with Gasteiger partial charge in [-0.15, -0.1) is 0 Å². The summed E-state index contributed by atoms with van der Waals surface area (Å²) in [6.45, 7) is 8.36. The van der Waals surface area contributed by atoms with Gasteiger partial charge in [-0.1, -0.05) is 170 Å². The van der Waals surface area contributed by atoms with Gasteiger partial charge in [0.2, 0.25) is 0 Å². The van der Waals surface area contributed by atoms with Gasteiger partial charge in [-0.25, -0.2) is 57.8 Å². The predicted octanol–water partition coefficient (Wildman–Crippen LogP) is 19.5. The standard InChI is InChI=1S/C26H28N6O.2C25H26N6O.C24H24N6O/c1-26(2,18-7-5-4-6-8-18)30-25(33)28-19-13-11-16(12-14-19)20-15-21(17-9-10-17)29-24-22(20)23(27)31-32(24)3;2*1-15(16-6-4-3-5-7-16)27-25(32)28-19-12-10-17(11-13-19)20-14-21(18-8-9-18)29-24-22(20)23(26)30-31(24)2;1-30-23-21(22(25)29-30)19(13-20(28-23)17-7-8-17)16-9-11-18(12-10-16)27-24(31)26-14-15-5-3-2-4-6-15/h4-8,11-15,17H,9-10H2,1-3H3,(H2,27,31)(H2,28,30,33);2*3-7,10-15,18H,8-9H2,1-2H3,(H2,26,30)(H2,27,28,32);2-6,9-13,17H,7-8,14H2,1H3,(H2,25,29)(H2,26,27,31)/t;15-;;/m.0../s1. The fourth-order valence-electron chi connectivity index (χ4n) is 16.1. The summed E-state index contributed by atoms with van der Waals surface area (Å²) in [6.07, 6.45) is 9.37. The molecule has 16 N–H and O–H groups in total. The molecule has 1 unspecified atom stereocenters. The average Bonchev–Trinajstić information content (AvgIpc) is 1.62. The summed E-state index contributed by atoms with van der Waals surface area (Å²) in [5, 5.41) is 44.4. The fourth-order valence-corrected chi connectivity index (χ4v) is 16.1. The Labute approximate surface area is 741 Å². The maximum absolute atomic E-state index is 12.6. The number of nitrogens with one attached hydrogen (secondary N) is 8. The Balaban J connectivity index is 0.000000120. The van der Waals surface area contributed by atoms with Gasteiger partial charge < -0.3 is 65.5 Å². The van der Waals surface area contributed by atoms with Crippen LogP contribution in [-0.4, -0.2) is 83.2 Å². The summed E-state index contributed by atoms with van der Waals surface area (Å²) in [7, 11) is 7.48. The van der Waals surface area contributed by atoms with Crippen LogP contribution >= 0.6 is 0 Å². The van der Waals surface area contributed by atoms with Crippen LogP contribution in [0.2, 0.25) is 0 Å². The zero-order chi connectivity index (χ0) is 89.0. The van der Waals surface area contributed by atoms with Gasteiger partial charge in [-0.05, 0) is 219 Å². The molecule has 4 saturated carbocycles. The first-order valence-electron chi connectivity index (χ1n) is 43.3. The molecule has 0 bridgehead atoms. The molecule has 2 atom stereocenters. The van der Waals surface area contributed by atoms with Crippen LogP contribution in [0.3, 0.4) is 0 Å². The second-order valence-electron chi connectivity index (χ2n) is 33.9. The average molecular weight is 1710 g/mol. The van der Waals surface area contributed by atoms with E-state index in [0.717, 1.165) is 151 Å². The minimum atomic E-state index is -0.495. The number of aryl methyl sites for hydroxylation is 4. The van der Waals surface area contributed by atoms with Crippen molar-refractivity contribution in [3.8, 4) is 44.5 Å². The molecule has 128 heavy (non-hydrogen) atoms. The smallest absolute Gasteiger partial charge is 0.319 e. The summed E-state index contributed by atoms with van der Waals surface area (Å²) in [5.41, 5.74) is 47.2. The summed E-state index contributed by atoms with van der Waals surface area (Å²) in [6, 6.07) is 78.0. The molecule has 20 rings (SSSR count). The van der Waals surface area contributed by atoms with Crippen molar-refractivity contribution in [2.75, 3.05) is 44.2 Å². The lowest BCUT2D eigenvalue weighted by Gasteiger charge is -2.27. The minimum Gasteiger partial charge on any atom is -0.382 e. The Morgan fingerprint density at radius 2 is 0.609 bits per heavy atom. The van der Waals surface area contributed by atoms with Crippen LogP contribution < -0.4 is 65.5 Å². The van der Waals surface area contributed by atoms with Gasteiger partial charge in [-0.3, -0.25) is 0 Å². The van der Waals surface area contributed by atoms with E-state index in [-0.39, 0.29) is 36.2 Å². The van der Waals surface area contributed by atoms with Gasteiger partial charge in [0, 0.05) is 104 Å². The molecule has 4 aliphatic rings. The van der Waals surface area contributed by atoms with E-state index < -0.39 is 5.54 Å². The normalized spacial score (nSPS) is 13.9. The number of fused-ring (bicyclic) bond motifs is 4. The van der Waals surface area contributed by atoms with Gasteiger partial charge in [0.25, 0.3) is 0 Å². The molecular formula is C100H104N24O4. The van der Waals surface area contributed by atoms with Crippen molar-refractivity contribution >= 4 is 114 Å². The van der Waals surface area contributed by atoms with Gasteiger partial charge in [-0.2, -0.15) is 20.4 Å². The second-order valence-corrected chi connectivity index (χ2v) is 33.9. The number of carbonyl (C=O) groups excluding carboxylic acids is 4. The summed E-state index contributed by atoms with van der Waals surface area (Å²) in [4.78, 5) is 69.0. The van der Waals surface area contributed by atoms with Crippen LogP contribution in [0.15, 0.2) is 243 Å². The summed E-state index contributed by atoms with van der Waals surface area (Å²) >= 11 is 0. The van der Waals surface area contributed by atoms with Gasteiger partial charge >= 0.3 is 24.1 Å². The molecule has 8 heterocycles. The Bertz CT molecular complexity index is 6540. The van der Waals surface area contributed by atoms with Crippen LogP contribution in [0.5, 0.6) is 0 Å². The van der Waals surface area contributed by atoms with E-state index in [1.54, 1.807) is 18.7 Å². The number of hydrogen-bond acceptors (Lipinski definition) is 16. The number of nitrogens with two attached hydrogens (primary N) is 4. The topological polar surface area (TPSA) is 391 Å². The van der Waals surface area contributed by atoms with E-state index in [9.17, 15) is 19.2 Å². The van der Waals surface area contributed by atoms with Crippen molar-refractivity contribution in [1.29, 1.82) is 0 Å². The Hall–Kier alpha value is -15.5. The highest BCUT2D eigenvalue weighted by Gasteiger charge is 2.33. The van der Waals surface area contributed by atoms with E-state index >= 15 is 0 Å². The van der Waals surface area contributed by atoms with Crippen molar-refractivity contribution in [2.24, 2.45) is 28.2 Å². The highest BCUT2D eigenvalue weighted by Crippen LogP contribution is 2.47. The van der Waals surface area contributed by atoms with Gasteiger partial charge in [0.15, 0.2) is 45.9 Å². The SMILES string of the molecule is CC(NC(=O)Nc1ccc(-c2cc(C3CC3)nc3c2c(N)nn3C)cc1)c1ccccc1.C[C@H](NC(=O)Nc1ccc(-c2cc(C3CC3)nc3c2c(N)nn3C)cc1)c1ccccc1.Cn1nc(N)c2c(-c3ccc(NC(=O)NC(C)(C)c4ccccc4)cc3)cc(C3CC3)nc21.Cn1nc(N)c2c(-c3ccc(NC(=O)NCc4ccccc4)cc3)cc(C3CC3)nc21. The molecule has 8 aromatic heterocycles. The number of amides is 8. The number of nitrogens with zero attached hydrogens (tertiary/aromatic N) is 12. The van der Waals surface area contributed by atoms with Crippen molar-refractivity contribution in [3.05, 3.63) is 288 Å². The molecule has 0 saturated heterocycles. The van der Waals surface area contributed by atoms with Crippen LogP contribution in [-0.2, 0) is 40.3 Å². The number of hydrogen-bond donors (Lipinski definition) is 12. The quantitative estimate of drug-likeness (QED) is 0.0337. The molecule has 16 aromatic rings. The highest BCUT2D eigenvalue weighted by atomic mass is 16.2. The molecule has 0 aliphatic heterocycles. The molecule has 28 heteroatoms. The fraction of sp³-hybridized carbons (Fsp3) is 0.240. The number of aromatic nitrogens is 12. The largest absolute Gasteiger partial charge is 0.382 e. The third-order valence-corrected chi connectivity index (χ3v) is 23.7. The molecular weight excluding hydrogens is 1600 g/mol. The Morgan fingerprint density at radius 1 is 0.352 bits per heavy atom. The van der Waals surface area contributed by atoms with Crippen LogP contribution in [0, 0.1) is 0 Å². The lowest BCUT2D eigenvalue weighted by atomic mass is 9.95. The van der Waals surface area contributed by atoms with Crippen molar-refractivity contribution in [1.82, 2.24) is 80.3 Å². The van der Waals surface area contributed by atoms with E-state index in [1.165, 1.54) is 51.4 Å². The van der Waals surface area contributed by atoms with E-state index in [2.05, 4.69) is 87.2 Å². The predicted molar refractivity (Wildman–Crippen MR) is 509 cm³/mol. The summed E-state index contributed by atoms with van der Waals surface area (Å²) in [5.74, 6) is 3.98. The summed E-state index contributed by atoms with van der Waals surface area (Å²) < 4.78 is 6.98. The maximum Gasteiger partial charge on any atom is 0.319 e. The number of nitrogen functional groups attached to an aromatic ring is 4. The van der Waals surface area contributed by atoms with E-state index in [0.29, 0.717) is 59.2 Å². The number of benzene rings is 8. The lowest BCUT2D eigenvalue weighted by Crippen LogP contribution is -2.43. The maximum atomic E-state index is 12.6. The van der Waals surface area contributed by atoms with E-state index in [4.69, 9.17) is 42.9 Å². The molecule has 8 aromatic carbocycles. The van der Waals surface area contributed by atoms with Gasteiger partial charge in [0.1, 0.15) is 0 Å². The zero-order valence-corrected chi connectivity index (χ0v) is 72.7. The first kappa shape index (κ1) is 84.7. The van der Waals surface area contributed by atoms with Crippen molar-refractivity contribution in [3.63, 3.8) is 0 Å². The minimum absolute atomic E-state index is 0.0880. The van der Waals surface area contributed by atoms with Crippen LogP contribution in [0.25, 0.3) is 88.6 Å². The Morgan fingerprint density at radius 3 is 0.891 bits per heavy atom. The van der Waals surface area contributed by atoms with Gasteiger partial charge in [0.05, 0.1) is 39.2 Å².